The van der Waals surface area contributed by atoms with Crippen LogP contribution in [0.4, 0.5) is 0 Å². The van der Waals surface area contributed by atoms with E-state index in [9.17, 15) is 9.59 Å². The molecule has 2 heterocycles. The maximum Gasteiger partial charge on any atom is 0.310 e. The molecule has 2 aliphatic rings. The molecule has 4 rings (SSSR count). The topological polar surface area (TPSA) is 62.2 Å². The standard InChI is InChI=1S/C25H28ClN3O3/c1-2-32-25(31)19-11-8-14-28(16-19)17-24(30)29-23(18-9-4-3-5-10-18)15-22(27-29)20-12-6-7-13-21(20)26/h3-7,9-10,12-13,19,23H,2,8,11,14-17H2,1H3/t19-,23+/m0/s1. The number of carbonyl (C=O) groups excluding carboxylic acids is 2. The smallest absolute Gasteiger partial charge is 0.310 e. The van der Waals surface area contributed by atoms with Gasteiger partial charge in [0, 0.05) is 23.6 Å². The molecule has 2 atom stereocenters. The van der Waals surface area contributed by atoms with Gasteiger partial charge < -0.3 is 4.74 Å². The Balaban J connectivity index is 1.53. The van der Waals surface area contributed by atoms with E-state index in [0.717, 1.165) is 36.2 Å². The molecule has 1 fully saturated rings. The molecule has 0 spiro atoms. The van der Waals surface area contributed by atoms with Crippen LogP contribution in [0.1, 0.15) is 43.4 Å². The van der Waals surface area contributed by atoms with Gasteiger partial charge in [0.15, 0.2) is 0 Å². The second-order valence-corrected chi connectivity index (χ2v) is 8.63. The highest BCUT2D eigenvalue weighted by atomic mass is 35.5. The molecule has 0 aromatic heterocycles. The van der Waals surface area contributed by atoms with E-state index in [1.54, 1.807) is 5.01 Å². The van der Waals surface area contributed by atoms with Crippen LogP contribution in [-0.2, 0) is 14.3 Å². The predicted octanol–water partition coefficient (Wildman–Crippen LogP) is 4.29. The fourth-order valence-electron chi connectivity index (χ4n) is 4.45. The van der Waals surface area contributed by atoms with Gasteiger partial charge in [-0.25, -0.2) is 5.01 Å². The summed E-state index contributed by atoms with van der Waals surface area (Å²) in [5, 5.41) is 6.95. The SMILES string of the molecule is CCOC(=O)[C@H]1CCCN(CC(=O)N2N=C(c3ccccc3Cl)C[C@@H]2c2ccccc2)C1. The Morgan fingerprint density at radius 3 is 2.62 bits per heavy atom. The number of piperidine rings is 1. The minimum atomic E-state index is -0.180. The lowest BCUT2D eigenvalue weighted by Gasteiger charge is -2.32. The number of halogens is 1. The van der Waals surface area contributed by atoms with Gasteiger partial charge in [0.2, 0.25) is 0 Å². The number of nitrogens with zero attached hydrogens (tertiary/aromatic N) is 3. The normalized spacial score (nSPS) is 21.3. The van der Waals surface area contributed by atoms with E-state index in [4.69, 9.17) is 21.4 Å². The summed E-state index contributed by atoms with van der Waals surface area (Å²) in [6.45, 7) is 3.73. The molecule has 2 aliphatic heterocycles. The molecule has 0 N–H and O–H groups in total. The summed E-state index contributed by atoms with van der Waals surface area (Å²) in [5.41, 5.74) is 2.70. The van der Waals surface area contributed by atoms with E-state index in [-0.39, 0.29) is 30.4 Å². The molecule has 0 unspecified atom stereocenters. The summed E-state index contributed by atoms with van der Waals surface area (Å²) < 4.78 is 5.19. The van der Waals surface area contributed by atoms with Crippen LogP contribution in [0.2, 0.25) is 5.02 Å². The largest absolute Gasteiger partial charge is 0.466 e. The maximum absolute atomic E-state index is 13.4. The Labute approximate surface area is 193 Å². The Morgan fingerprint density at radius 1 is 1.12 bits per heavy atom. The molecule has 2 aromatic rings. The zero-order chi connectivity index (χ0) is 22.5. The average molecular weight is 454 g/mol. The van der Waals surface area contributed by atoms with Crippen molar-refractivity contribution in [2.75, 3.05) is 26.2 Å². The van der Waals surface area contributed by atoms with Gasteiger partial charge >= 0.3 is 5.97 Å². The molecule has 1 amide bonds. The highest BCUT2D eigenvalue weighted by Gasteiger charge is 2.35. The second kappa shape index (κ2) is 10.3. The van der Waals surface area contributed by atoms with Crippen molar-refractivity contribution in [2.24, 2.45) is 11.0 Å². The highest BCUT2D eigenvalue weighted by Crippen LogP contribution is 2.34. The van der Waals surface area contributed by atoms with Crippen LogP contribution >= 0.6 is 11.6 Å². The molecule has 168 valence electrons. The van der Waals surface area contributed by atoms with E-state index < -0.39 is 0 Å². The Hall–Kier alpha value is -2.70. The van der Waals surface area contributed by atoms with Crippen LogP contribution in [0.5, 0.6) is 0 Å². The van der Waals surface area contributed by atoms with Gasteiger partial charge in [0.25, 0.3) is 5.91 Å². The first kappa shape index (κ1) is 22.5. The fourth-order valence-corrected chi connectivity index (χ4v) is 4.69. The molecular weight excluding hydrogens is 426 g/mol. The summed E-state index contributed by atoms with van der Waals surface area (Å²) in [7, 11) is 0. The number of carbonyl (C=O) groups is 2. The number of rotatable bonds is 6. The van der Waals surface area contributed by atoms with E-state index in [2.05, 4.69) is 0 Å². The molecule has 0 bridgehead atoms. The van der Waals surface area contributed by atoms with Crippen LogP contribution in [0.3, 0.4) is 0 Å². The molecular formula is C25H28ClN3O3. The van der Waals surface area contributed by atoms with E-state index in [0.29, 0.717) is 24.6 Å². The summed E-state index contributed by atoms with van der Waals surface area (Å²) >= 11 is 6.42. The lowest BCUT2D eigenvalue weighted by molar-refractivity contribution is -0.150. The number of likely N-dealkylation sites (tertiary alicyclic amines) is 1. The zero-order valence-electron chi connectivity index (χ0n) is 18.2. The van der Waals surface area contributed by atoms with Gasteiger partial charge in [0.05, 0.1) is 30.8 Å². The van der Waals surface area contributed by atoms with Crippen molar-refractivity contribution in [2.45, 2.75) is 32.2 Å². The first-order valence-electron chi connectivity index (χ1n) is 11.1. The predicted molar refractivity (Wildman–Crippen MR) is 124 cm³/mol. The first-order valence-corrected chi connectivity index (χ1v) is 11.5. The summed E-state index contributed by atoms with van der Waals surface area (Å²) in [6, 6.07) is 17.4. The van der Waals surface area contributed by atoms with Gasteiger partial charge in [-0.15, -0.1) is 0 Å². The lowest BCUT2D eigenvalue weighted by Crippen LogP contribution is -2.44. The third kappa shape index (κ3) is 5.03. The number of hydrogen-bond donors (Lipinski definition) is 0. The summed E-state index contributed by atoms with van der Waals surface area (Å²) in [4.78, 5) is 27.6. The van der Waals surface area contributed by atoms with Crippen molar-refractivity contribution in [3.8, 4) is 0 Å². The quantitative estimate of drug-likeness (QED) is 0.612. The minimum absolute atomic E-state index is 0.0783. The highest BCUT2D eigenvalue weighted by molar-refractivity contribution is 6.34. The van der Waals surface area contributed by atoms with Crippen molar-refractivity contribution >= 4 is 29.2 Å². The molecule has 32 heavy (non-hydrogen) atoms. The maximum atomic E-state index is 13.4. The van der Waals surface area contributed by atoms with Gasteiger partial charge in [-0.2, -0.15) is 5.10 Å². The monoisotopic (exact) mass is 453 g/mol. The van der Waals surface area contributed by atoms with Crippen LogP contribution in [0.25, 0.3) is 0 Å². The number of ether oxygens (including phenoxy) is 1. The Kier molecular flexibility index (Phi) is 7.22. The molecule has 1 saturated heterocycles. The van der Waals surface area contributed by atoms with Gasteiger partial charge in [-0.1, -0.05) is 60.1 Å². The summed E-state index contributed by atoms with van der Waals surface area (Å²) in [5.74, 6) is -0.431. The Morgan fingerprint density at radius 2 is 1.88 bits per heavy atom. The number of esters is 1. The molecule has 0 radical (unpaired) electrons. The van der Waals surface area contributed by atoms with Crippen molar-refractivity contribution in [3.05, 3.63) is 70.7 Å². The van der Waals surface area contributed by atoms with Gasteiger partial charge in [-0.3, -0.25) is 14.5 Å². The number of hydrazone groups is 1. The second-order valence-electron chi connectivity index (χ2n) is 8.22. The molecule has 0 saturated carbocycles. The van der Waals surface area contributed by atoms with Crippen LogP contribution in [0, 0.1) is 5.92 Å². The first-order chi connectivity index (χ1) is 15.6. The van der Waals surface area contributed by atoms with Crippen molar-refractivity contribution < 1.29 is 14.3 Å². The minimum Gasteiger partial charge on any atom is -0.466 e. The van der Waals surface area contributed by atoms with Crippen molar-refractivity contribution in [1.82, 2.24) is 9.91 Å². The van der Waals surface area contributed by atoms with Gasteiger partial charge in [0.1, 0.15) is 0 Å². The molecule has 7 heteroatoms. The number of amides is 1. The number of hydrogen-bond acceptors (Lipinski definition) is 5. The summed E-state index contributed by atoms with van der Waals surface area (Å²) in [6.07, 6.45) is 2.27. The number of benzene rings is 2. The van der Waals surface area contributed by atoms with Crippen molar-refractivity contribution in [3.63, 3.8) is 0 Å². The van der Waals surface area contributed by atoms with Crippen molar-refractivity contribution in [1.29, 1.82) is 0 Å². The third-order valence-corrected chi connectivity index (χ3v) is 6.35. The zero-order valence-corrected chi connectivity index (χ0v) is 19.0. The Bertz CT molecular complexity index is 995. The van der Waals surface area contributed by atoms with E-state index in [1.807, 2.05) is 66.4 Å². The van der Waals surface area contributed by atoms with E-state index in [1.165, 1.54) is 0 Å². The lowest BCUT2D eigenvalue weighted by atomic mass is 9.97. The van der Waals surface area contributed by atoms with Crippen LogP contribution < -0.4 is 0 Å². The third-order valence-electron chi connectivity index (χ3n) is 6.02. The molecule has 0 aliphatic carbocycles. The molecule has 2 aromatic carbocycles. The van der Waals surface area contributed by atoms with E-state index >= 15 is 0 Å². The van der Waals surface area contributed by atoms with Gasteiger partial charge in [-0.05, 0) is 37.9 Å². The molecule has 6 nitrogen and oxygen atoms in total. The van der Waals surface area contributed by atoms with Crippen LogP contribution in [0.15, 0.2) is 59.7 Å². The van der Waals surface area contributed by atoms with Crippen LogP contribution in [-0.4, -0.2) is 53.7 Å². The average Bonchev–Trinajstić information content (AvgIpc) is 3.26. The fraction of sp³-hybridized carbons (Fsp3) is 0.400.